The van der Waals surface area contributed by atoms with Crippen molar-refractivity contribution in [1.29, 1.82) is 0 Å². The van der Waals surface area contributed by atoms with Gasteiger partial charge in [-0.15, -0.1) is 0 Å². The van der Waals surface area contributed by atoms with Crippen LogP contribution < -0.4 is 4.90 Å². The Kier molecular flexibility index (Phi) is 5.94. The average Bonchev–Trinajstić information content (AvgIpc) is 3.27. The molecule has 7 aromatic rings. The summed E-state index contributed by atoms with van der Waals surface area (Å²) >= 11 is 6.17. The van der Waals surface area contributed by atoms with Crippen LogP contribution >= 0.6 is 38.5 Å². The topological polar surface area (TPSA) is 8.17 Å². The van der Waals surface area contributed by atoms with Crippen LogP contribution in [0.5, 0.6) is 0 Å². The number of para-hydroxylation sites is 2. The molecule has 4 heteroatoms. The summed E-state index contributed by atoms with van der Waals surface area (Å²) in [6, 6.07) is 47.8. The first kappa shape index (κ1) is 23.5. The average molecular weight is 665 g/mol. The van der Waals surface area contributed by atoms with Crippen LogP contribution in [0.15, 0.2) is 138 Å². The summed E-state index contributed by atoms with van der Waals surface area (Å²) in [5, 5.41) is 4.98. The number of anilines is 3. The van der Waals surface area contributed by atoms with Gasteiger partial charge in [-0.25, -0.2) is 0 Å². The van der Waals surface area contributed by atoms with Gasteiger partial charge in [-0.3, -0.25) is 0 Å². The van der Waals surface area contributed by atoms with Crippen LogP contribution in [0.25, 0.3) is 38.3 Å². The second-order valence-electron chi connectivity index (χ2n) is 9.36. The molecule has 0 bridgehead atoms. The van der Waals surface area contributed by atoms with E-state index >= 15 is 0 Å². The smallest absolute Gasteiger partial charge is 0.0553 e. The summed E-state index contributed by atoms with van der Waals surface area (Å²) in [5.74, 6) is 0. The van der Waals surface area contributed by atoms with Gasteiger partial charge < -0.3 is 9.47 Å². The van der Waals surface area contributed by atoms with E-state index in [0.29, 0.717) is 0 Å². The summed E-state index contributed by atoms with van der Waals surface area (Å²) in [4.78, 5) is 2.34. The van der Waals surface area contributed by atoms with Crippen LogP contribution in [-0.2, 0) is 0 Å². The number of hydrogen-bond acceptors (Lipinski definition) is 1. The van der Waals surface area contributed by atoms with Crippen LogP contribution in [0, 0.1) is 3.57 Å². The van der Waals surface area contributed by atoms with Gasteiger partial charge in [0.15, 0.2) is 0 Å². The molecule has 1 heterocycles. The standard InChI is InChI=1S/C34H22BrIN2/c35-31-22-34-30(21-32(31)36)29-15-6-7-16-33(29)38(34)27-14-8-13-26(20-27)37(25-11-2-1-3-12-25)28-18-17-23-9-4-5-10-24(23)19-28/h1-22H. The lowest BCUT2D eigenvalue weighted by molar-refractivity contribution is 1.17. The summed E-state index contributed by atoms with van der Waals surface area (Å²) in [7, 11) is 0. The molecule has 0 saturated carbocycles. The lowest BCUT2D eigenvalue weighted by atomic mass is 10.1. The second kappa shape index (κ2) is 9.61. The van der Waals surface area contributed by atoms with Crippen LogP contribution in [0.1, 0.15) is 0 Å². The number of halogens is 2. The maximum absolute atomic E-state index is 3.77. The maximum atomic E-state index is 3.77. The first-order valence-corrected chi connectivity index (χ1v) is 14.4. The van der Waals surface area contributed by atoms with Crippen molar-refractivity contribution in [2.24, 2.45) is 0 Å². The minimum absolute atomic E-state index is 1.10. The third kappa shape index (κ3) is 3.99. The minimum atomic E-state index is 1.10. The Bertz CT molecular complexity index is 1960. The molecule has 0 saturated heterocycles. The number of fused-ring (bicyclic) bond motifs is 4. The van der Waals surface area contributed by atoms with Gasteiger partial charge in [0.2, 0.25) is 0 Å². The van der Waals surface area contributed by atoms with E-state index in [0.717, 1.165) is 27.2 Å². The van der Waals surface area contributed by atoms with Crippen molar-refractivity contribution in [3.05, 3.63) is 142 Å². The number of hydrogen-bond donors (Lipinski definition) is 0. The minimum Gasteiger partial charge on any atom is -0.310 e. The molecule has 0 radical (unpaired) electrons. The van der Waals surface area contributed by atoms with E-state index in [1.165, 1.54) is 36.1 Å². The molecule has 0 N–H and O–H groups in total. The maximum Gasteiger partial charge on any atom is 0.0553 e. The fourth-order valence-electron chi connectivity index (χ4n) is 5.35. The molecule has 0 aliphatic heterocycles. The molecule has 0 unspecified atom stereocenters. The molecule has 0 atom stereocenters. The molecule has 0 aliphatic carbocycles. The van der Waals surface area contributed by atoms with Crippen LogP contribution in [0.4, 0.5) is 17.1 Å². The quantitative estimate of drug-likeness (QED) is 0.170. The van der Waals surface area contributed by atoms with Gasteiger partial charge in [-0.05, 0) is 110 Å². The molecule has 0 fully saturated rings. The molecule has 7 rings (SSSR count). The Labute approximate surface area is 243 Å². The van der Waals surface area contributed by atoms with Crippen molar-refractivity contribution in [3.63, 3.8) is 0 Å². The lowest BCUT2D eigenvalue weighted by Gasteiger charge is -2.26. The molecular weight excluding hydrogens is 643 g/mol. The van der Waals surface area contributed by atoms with Gasteiger partial charge >= 0.3 is 0 Å². The lowest BCUT2D eigenvalue weighted by Crippen LogP contribution is -2.10. The molecule has 38 heavy (non-hydrogen) atoms. The number of rotatable bonds is 4. The van der Waals surface area contributed by atoms with E-state index in [2.05, 4.69) is 181 Å². The van der Waals surface area contributed by atoms with Crippen LogP contribution in [0.2, 0.25) is 0 Å². The molecule has 2 nitrogen and oxygen atoms in total. The fourth-order valence-corrected chi connectivity index (χ4v) is 6.15. The number of nitrogens with zero attached hydrogens (tertiary/aromatic N) is 2. The summed E-state index contributed by atoms with van der Waals surface area (Å²) in [5.41, 5.74) is 6.88. The molecule has 0 aliphatic rings. The van der Waals surface area contributed by atoms with E-state index in [1.54, 1.807) is 0 Å². The first-order valence-electron chi connectivity index (χ1n) is 12.5. The predicted molar refractivity (Wildman–Crippen MR) is 173 cm³/mol. The fraction of sp³-hybridized carbons (Fsp3) is 0. The Morgan fingerprint density at radius 1 is 0.526 bits per heavy atom. The Morgan fingerprint density at radius 2 is 1.24 bits per heavy atom. The van der Waals surface area contributed by atoms with Crippen molar-refractivity contribution in [2.75, 3.05) is 4.90 Å². The third-order valence-electron chi connectivity index (χ3n) is 7.07. The first-order chi connectivity index (χ1) is 18.7. The molecule has 182 valence electrons. The third-order valence-corrected chi connectivity index (χ3v) is 9.36. The summed E-state index contributed by atoms with van der Waals surface area (Å²) in [6.07, 6.45) is 0. The highest BCUT2D eigenvalue weighted by Crippen LogP contribution is 2.39. The van der Waals surface area contributed by atoms with Crippen LogP contribution in [-0.4, -0.2) is 4.57 Å². The summed E-state index contributed by atoms with van der Waals surface area (Å²) < 4.78 is 4.68. The van der Waals surface area contributed by atoms with Gasteiger partial charge in [-0.2, -0.15) is 0 Å². The van der Waals surface area contributed by atoms with Crippen molar-refractivity contribution in [3.8, 4) is 5.69 Å². The van der Waals surface area contributed by atoms with Gasteiger partial charge in [-0.1, -0.05) is 72.8 Å². The van der Waals surface area contributed by atoms with Crippen molar-refractivity contribution in [2.45, 2.75) is 0 Å². The largest absolute Gasteiger partial charge is 0.310 e. The summed E-state index contributed by atoms with van der Waals surface area (Å²) in [6.45, 7) is 0. The van der Waals surface area contributed by atoms with Crippen LogP contribution in [0.3, 0.4) is 0 Å². The molecule has 1 aromatic heterocycles. The van der Waals surface area contributed by atoms with Gasteiger partial charge in [0.1, 0.15) is 0 Å². The normalized spacial score (nSPS) is 11.4. The number of benzene rings is 6. The Balaban J connectivity index is 1.46. The molecule has 6 aromatic carbocycles. The van der Waals surface area contributed by atoms with Gasteiger partial charge in [0.05, 0.1) is 11.0 Å². The van der Waals surface area contributed by atoms with E-state index < -0.39 is 0 Å². The SMILES string of the molecule is Brc1cc2c(cc1I)c1ccccc1n2-c1cccc(N(c2ccccc2)c2ccc3ccccc3c2)c1. The molecule has 0 amide bonds. The van der Waals surface area contributed by atoms with E-state index in [-0.39, 0.29) is 0 Å². The zero-order chi connectivity index (χ0) is 25.6. The zero-order valence-electron chi connectivity index (χ0n) is 20.4. The highest BCUT2D eigenvalue weighted by Gasteiger charge is 2.17. The second-order valence-corrected chi connectivity index (χ2v) is 11.4. The molecule has 0 spiro atoms. The van der Waals surface area contributed by atoms with Gasteiger partial charge in [0, 0.05) is 41.6 Å². The predicted octanol–water partition coefficient (Wildman–Crippen LogP) is 10.8. The van der Waals surface area contributed by atoms with Crippen molar-refractivity contribution < 1.29 is 0 Å². The zero-order valence-corrected chi connectivity index (χ0v) is 24.1. The highest BCUT2D eigenvalue weighted by molar-refractivity contribution is 14.1. The van der Waals surface area contributed by atoms with E-state index in [9.17, 15) is 0 Å². The monoisotopic (exact) mass is 664 g/mol. The van der Waals surface area contributed by atoms with E-state index in [1.807, 2.05) is 0 Å². The number of aromatic nitrogens is 1. The molecular formula is C34H22BrIN2. The Morgan fingerprint density at radius 3 is 2.11 bits per heavy atom. The highest BCUT2D eigenvalue weighted by atomic mass is 127. The van der Waals surface area contributed by atoms with E-state index in [4.69, 9.17) is 0 Å². The van der Waals surface area contributed by atoms with Crippen molar-refractivity contribution >= 4 is 88.2 Å². The Hall–Kier alpha value is -3.61. The van der Waals surface area contributed by atoms with Crippen molar-refractivity contribution in [1.82, 2.24) is 4.57 Å². The van der Waals surface area contributed by atoms with Gasteiger partial charge in [0.25, 0.3) is 0 Å².